The lowest BCUT2D eigenvalue weighted by molar-refractivity contribution is 1.07. The zero-order valence-electron chi connectivity index (χ0n) is 29.3. The summed E-state index contributed by atoms with van der Waals surface area (Å²) in [4.78, 5) is 20.1. The van der Waals surface area contributed by atoms with Gasteiger partial charge in [0, 0.05) is 38.5 Å². The minimum Gasteiger partial charge on any atom is -0.255 e. The molecule has 254 valence electrons. The zero-order valence-corrected chi connectivity index (χ0v) is 30.1. The molecule has 0 radical (unpaired) electrons. The molecule has 1 aliphatic rings. The van der Waals surface area contributed by atoms with Gasteiger partial charge in [0.1, 0.15) is 0 Å². The van der Waals surface area contributed by atoms with Gasteiger partial charge in [-0.2, -0.15) is 0 Å². The number of aromatic nitrogens is 4. The van der Waals surface area contributed by atoms with E-state index in [0.29, 0.717) is 17.5 Å². The number of nitrogens with zero attached hydrogens (tertiary/aromatic N) is 4. The third-order valence-electron chi connectivity index (χ3n) is 10.2. The summed E-state index contributed by atoms with van der Waals surface area (Å²) in [5, 5.41) is 3.80. The summed E-state index contributed by atoms with van der Waals surface area (Å²) in [6.07, 6.45) is 9.23. The number of thiophene rings is 1. The molecule has 0 N–H and O–H groups in total. The number of hydrogen-bond acceptors (Lipinski definition) is 5. The highest BCUT2D eigenvalue weighted by Gasteiger charge is 2.19. The first-order valence-electron chi connectivity index (χ1n) is 18.0. The fraction of sp³-hybridized carbons (Fsp3) is 0.0204. The van der Waals surface area contributed by atoms with E-state index in [0.717, 1.165) is 55.6 Å². The number of pyridine rings is 1. The molecule has 0 unspecified atom stereocenters. The Hall–Kier alpha value is -6.82. The molecule has 0 fully saturated rings. The molecule has 3 heterocycles. The van der Waals surface area contributed by atoms with Gasteiger partial charge in [-0.25, -0.2) is 15.0 Å². The van der Waals surface area contributed by atoms with Crippen LogP contribution in [-0.2, 0) is 6.42 Å². The maximum atomic E-state index is 5.12. The summed E-state index contributed by atoms with van der Waals surface area (Å²) in [5.74, 6) is 1.86. The molecule has 6 aromatic carbocycles. The third kappa shape index (κ3) is 5.63. The maximum absolute atomic E-state index is 5.12. The highest BCUT2D eigenvalue weighted by molar-refractivity contribution is 7.26. The first-order chi connectivity index (χ1) is 26.7. The Morgan fingerprint density at radius 2 is 1.28 bits per heavy atom. The lowest BCUT2D eigenvalue weighted by atomic mass is 9.95. The highest BCUT2D eigenvalue weighted by Crippen LogP contribution is 2.41. The summed E-state index contributed by atoms with van der Waals surface area (Å²) in [5.41, 5.74) is 11.9. The number of hydrogen-bond donors (Lipinski definition) is 0. The van der Waals surface area contributed by atoms with Crippen molar-refractivity contribution in [3.63, 3.8) is 0 Å². The van der Waals surface area contributed by atoms with Crippen molar-refractivity contribution in [2.75, 3.05) is 0 Å². The van der Waals surface area contributed by atoms with E-state index in [-0.39, 0.29) is 0 Å². The normalized spacial score (nSPS) is 13.3. The van der Waals surface area contributed by atoms with Crippen LogP contribution in [0.3, 0.4) is 0 Å². The quantitative estimate of drug-likeness (QED) is 0.155. The van der Waals surface area contributed by atoms with Gasteiger partial charge in [0.05, 0.1) is 10.2 Å². The summed E-state index contributed by atoms with van der Waals surface area (Å²) in [6, 6.07) is 50.7. The van der Waals surface area contributed by atoms with E-state index in [9.17, 15) is 0 Å². The van der Waals surface area contributed by atoms with Crippen molar-refractivity contribution in [3.8, 4) is 45.3 Å². The Morgan fingerprint density at radius 3 is 2.02 bits per heavy atom. The van der Waals surface area contributed by atoms with E-state index in [1.54, 1.807) is 11.3 Å². The van der Waals surface area contributed by atoms with Crippen LogP contribution in [0.2, 0.25) is 0 Å². The summed E-state index contributed by atoms with van der Waals surface area (Å²) >= 11 is 1.77. The standard InChI is InChI=1S/C49H32N4S/c1-2-31(23-24-35-27-36-19-11-17-32-18-12-21-40(35)44(32)36)37-28-38(41-25-26-50-45-42-20-9-10-22-43(42)54-46(41)45)30-39(29-37)49-52-47(33-13-5-3-6-14-33)51-48(53-49)34-15-7-4-8-16-34/h2-26,28-30H,1,27H2/b31-23+,35-24+. The van der Waals surface area contributed by atoms with Gasteiger partial charge in [0.15, 0.2) is 17.5 Å². The van der Waals surface area contributed by atoms with Crippen molar-refractivity contribution in [2.24, 2.45) is 0 Å². The van der Waals surface area contributed by atoms with E-state index in [1.807, 2.05) is 72.9 Å². The summed E-state index contributed by atoms with van der Waals surface area (Å²) in [7, 11) is 0. The second kappa shape index (κ2) is 13.3. The third-order valence-corrected chi connectivity index (χ3v) is 11.4. The van der Waals surface area contributed by atoms with Crippen molar-refractivity contribution in [2.45, 2.75) is 6.42 Å². The molecule has 0 bridgehead atoms. The smallest absolute Gasteiger partial charge is 0.164 e. The minimum absolute atomic E-state index is 0.604. The van der Waals surface area contributed by atoms with Crippen LogP contribution in [0, 0.1) is 0 Å². The van der Waals surface area contributed by atoms with E-state index in [1.165, 1.54) is 37.6 Å². The zero-order chi connectivity index (χ0) is 36.0. The van der Waals surface area contributed by atoms with Crippen LogP contribution in [0.15, 0.2) is 177 Å². The average molecular weight is 709 g/mol. The Bertz CT molecular complexity index is 2910. The van der Waals surface area contributed by atoms with Crippen molar-refractivity contribution >= 4 is 53.6 Å². The van der Waals surface area contributed by atoms with Crippen LogP contribution in [-0.4, -0.2) is 19.9 Å². The Labute approximate surface area is 317 Å². The topological polar surface area (TPSA) is 51.6 Å². The summed E-state index contributed by atoms with van der Waals surface area (Å²) in [6.45, 7) is 4.31. The van der Waals surface area contributed by atoms with Gasteiger partial charge in [-0.3, -0.25) is 4.98 Å². The second-order valence-corrected chi connectivity index (χ2v) is 14.5. The molecule has 0 amide bonds. The first kappa shape index (κ1) is 31.9. The fourth-order valence-corrected chi connectivity index (χ4v) is 8.80. The molecule has 0 aliphatic heterocycles. The predicted octanol–water partition coefficient (Wildman–Crippen LogP) is 12.7. The number of allylic oxidation sites excluding steroid dienone is 5. The van der Waals surface area contributed by atoms with Crippen molar-refractivity contribution in [3.05, 3.63) is 193 Å². The van der Waals surface area contributed by atoms with E-state index >= 15 is 0 Å². The predicted molar refractivity (Wildman–Crippen MR) is 226 cm³/mol. The second-order valence-electron chi connectivity index (χ2n) is 13.5. The molecule has 54 heavy (non-hydrogen) atoms. The van der Waals surface area contributed by atoms with Crippen LogP contribution in [0.5, 0.6) is 0 Å². The van der Waals surface area contributed by atoms with Gasteiger partial charge in [-0.05, 0) is 80.9 Å². The SMILES string of the molecule is C=C/C(=C\C=C1/Cc2cccc3cccc1c23)c1cc(-c2nc(-c3ccccc3)nc(-c3ccccc3)n2)cc(-c2ccnc3c2sc2ccccc23)c1. The molecular weight excluding hydrogens is 677 g/mol. The lowest BCUT2D eigenvalue weighted by Gasteiger charge is -2.13. The molecular formula is C49H32N4S. The highest BCUT2D eigenvalue weighted by atomic mass is 32.1. The first-order valence-corrected chi connectivity index (χ1v) is 18.9. The Kier molecular flexibility index (Phi) is 7.85. The van der Waals surface area contributed by atoms with Crippen LogP contribution in [0.1, 0.15) is 16.7 Å². The largest absolute Gasteiger partial charge is 0.255 e. The van der Waals surface area contributed by atoms with Gasteiger partial charge in [-0.1, -0.05) is 140 Å². The van der Waals surface area contributed by atoms with Crippen LogP contribution in [0.4, 0.5) is 0 Å². The van der Waals surface area contributed by atoms with Gasteiger partial charge in [-0.15, -0.1) is 11.3 Å². The Morgan fingerprint density at radius 1 is 0.611 bits per heavy atom. The number of benzene rings is 6. The molecule has 0 saturated carbocycles. The van der Waals surface area contributed by atoms with Crippen LogP contribution in [0.25, 0.3) is 87.5 Å². The van der Waals surface area contributed by atoms with Crippen molar-refractivity contribution < 1.29 is 0 Å². The fourth-order valence-electron chi connectivity index (χ4n) is 7.60. The van der Waals surface area contributed by atoms with E-state index in [2.05, 4.69) is 104 Å². The van der Waals surface area contributed by atoms with Crippen LogP contribution >= 0.6 is 11.3 Å². The van der Waals surface area contributed by atoms with E-state index in [4.69, 9.17) is 19.9 Å². The van der Waals surface area contributed by atoms with Crippen molar-refractivity contribution in [1.82, 2.24) is 19.9 Å². The monoisotopic (exact) mass is 708 g/mol. The molecule has 1 aliphatic carbocycles. The minimum atomic E-state index is 0.604. The van der Waals surface area contributed by atoms with Gasteiger partial charge < -0.3 is 0 Å². The van der Waals surface area contributed by atoms with Gasteiger partial charge >= 0.3 is 0 Å². The average Bonchev–Trinajstić information content (AvgIpc) is 3.81. The van der Waals surface area contributed by atoms with Gasteiger partial charge in [0.2, 0.25) is 0 Å². The molecule has 3 aromatic heterocycles. The van der Waals surface area contributed by atoms with Crippen molar-refractivity contribution in [1.29, 1.82) is 0 Å². The molecule has 4 nitrogen and oxygen atoms in total. The summed E-state index contributed by atoms with van der Waals surface area (Å²) < 4.78 is 2.36. The molecule has 0 saturated heterocycles. The Balaban J connectivity index is 1.18. The van der Waals surface area contributed by atoms with Crippen LogP contribution < -0.4 is 0 Å². The number of rotatable bonds is 7. The van der Waals surface area contributed by atoms with E-state index < -0.39 is 0 Å². The molecule has 0 atom stereocenters. The lowest BCUT2D eigenvalue weighted by Crippen LogP contribution is -2.00. The molecule has 9 aromatic rings. The molecule has 5 heteroatoms. The maximum Gasteiger partial charge on any atom is 0.164 e. The molecule has 10 rings (SSSR count). The number of fused-ring (bicyclic) bond motifs is 3. The van der Waals surface area contributed by atoms with Gasteiger partial charge in [0.25, 0.3) is 0 Å². The molecule has 0 spiro atoms.